The van der Waals surface area contributed by atoms with E-state index in [1.54, 1.807) is 0 Å². The van der Waals surface area contributed by atoms with Gasteiger partial charge in [0.15, 0.2) is 0 Å². The van der Waals surface area contributed by atoms with Crippen LogP contribution in [0.4, 0.5) is 5.69 Å². The normalized spacial score (nSPS) is 11.8. The third kappa shape index (κ3) is 13.4. The third-order valence-corrected chi connectivity index (χ3v) is 8.30. The van der Waals surface area contributed by atoms with Gasteiger partial charge in [-0.1, -0.05) is 135 Å². The van der Waals surface area contributed by atoms with Crippen LogP contribution in [0.5, 0.6) is 0 Å². The summed E-state index contributed by atoms with van der Waals surface area (Å²) in [6.45, 7) is 24.5. The number of rotatable bonds is 8. The highest BCUT2D eigenvalue weighted by Gasteiger charge is 2.20. The van der Waals surface area contributed by atoms with Gasteiger partial charge >= 0.3 is 0 Å². The van der Waals surface area contributed by atoms with Crippen LogP contribution in [0.15, 0.2) is 122 Å². The number of hydrogen-bond donors (Lipinski definition) is 2. The van der Waals surface area contributed by atoms with Crippen molar-refractivity contribution >= 4 is 46.2 Å². The second-order valence-electron chi connectivity index (χ2n) is 11.6. The lowest BCUT2D eigenvalue weighted by molar-refractivity contribution is 0.751. The van der Waals surface area contributed by atoms with E-state index in [1.165, 1.54) is 50.8 Å². The second-order valence-corrected chi connectivity index (χ2v) is 11.6. The molecule has 3 aromatic carbocycles. The Hall–Kier alpha value is -5.22. The number of anilines is 1. The van der Waals surface area contributed by atoms with Gasteiger partial charge in [0.05, 0.1) is 16.9 Å². The molecule has 1 aliphatic rings. The van der Waals surface area contributed by atoms with Gasteiger partial charge < -0.3 is 15.3 Å². The number of nitrogens with one attached hydrogen (secondary N) is 2. The first-order valence-corrected chi connectivity index (χ1v) is 19.5. The molecule has 0 radical (unpaired) electrons. The molecule has 6 rings (SSSR count). The van der Waals surface area contributed by atoms with Crippen molar-refractivity contribution in [1.82, 2.24) is 9.55 Å². The van der Waals surface area contributed by atoms with Crippen LogP contribution in [0.1, 0.15) is 104 Å². The molecule has 4 heteroatoms. The van der Waals surface area contributed by atoms with Crippen LogP contribution in [0, 0.1) is 18.3 Å². The first-order chi connectivity index (χ1) is 25.9. The van der Waals surface area contributed by atoms with Crippen LogP contribution in [-0.2, 0) is 0 Å². The van der Waals surface area contributed by atoms with Gasteiger partial charge in [-0.2, -0.15) is 0 Å². The summed E-state index contributed by atoms with van der Waals surface area (Å²) in [6.07, 6.45) is 17.4. The van der Waals surface area contributed by atoms with Gasteiger partial charge in [-0.05, 0) is 116 Å². The van der Waals surface area contributed by atoms with Gasteiger partial charge in [-0.15, -0.1) is 0 Å². The largest absolute Gasteiger partial charge is 0.388 e. The van der Waals surface area contributed by atoms with Crippen LogP contribution < -0.4 is 5.32 Å². The Morgan fingerprint density at radius 3 is 2.02 bits per heavy atom. The summed E-state index contributed by atoms with van der Waals surface area (Å²) < 4.78 is 2.38. The maximum atomic E-state index is 6.68. The molecule has 2 aromatic heterocycles. The fraction of sp³-hybridized carbons (Fsp3) is 0.306. The average molecular weight is 711 g/mol. The first kappa shape index (κ1) is 45.8. The molecule has 1 aliphatic carbocycles. The zero-order chi connectivity index (χ0) is 39.6. The number of aromatic nitrogens is 2. The molecular formula is C49H66N4. The molecule has 0 amide bonds. The molecule has 1 unspecified atom stereocenters. The van der Waals surface area contributed by atoms with Crippen molar-refractivity contribution in [2.45, 2.75) is 88.5 Å². The molecule has 4 nitrogen and oxygen atoms in total. The van der Waals surface area contributed by atoms with E-state index in [0.717, 1.165) is 36.2 Å². The molecule has 0 bridgehead atoms. The number of nitrogens with zero attached hydrogens (tertiary/aromatic N) is 2. The summed E-state index contributed by atoms with van der Waals surface area (Å²) in [6, 6.07) is 31.6. The van der Waals surface area contributed by atoms with E-state index in [2.05, 4.69) is 121 Å². The highest BCUT2D eigenvalue weighted by atomic mass is 15.0. The molecule has 2 N–H and O–H groups in total. The molecule has 1 atom stereocenters. The maximum Gasteiger partial charge on any atom is 0.0719 e. The molecule has 2 heterocycles. The summed E-state index contributed by atoms with van der Waals surface area (Å²) in [4.78, 5) is 4.66. The van der Waals surface area contributed by atoms with Gasteiger partial charge in [-0.25, -0.2) is 0 Å². The van der Waals surface area contributed by atoms with Crippen LogP contribution >= 0.6 is 0 Å². The van der Waals surface area contributed by atoms with Crippen LogP contribution in [0.2, 0.25) is 0 Å². The fourth-order valence-corrected chi connectivity index (χ4v) is 5.49. The van der Waals surface area contributed by atoms with E-state index >= 15 is 0 Å². The first-order valence-electron chi connectivity index (χ1n) is 19.5. The van der Waals surface area contributed by atoms with Crippen LogP contribution in [0.25, 0.3) is 45.5 Å². The summed E-state index contributed by atoms with van der Waals surface area (Å²) in [5, 5.41) is 10.9. The lowest BCUT2D eigenvalue weighted by Crippen LogP contribution is -2.06. The number of pyridine rings is 1. The van der Waals surface area contributed by atoms with Gasteiger partial charge in [0.1, 0.15) is 0 Å². The Labute approximate surface area is 322 Å². The zero-order valence-electron chi connectivity index (χ0n) is 34.5. The van der Waals surface area contributed by atoms with E-state index in [4.69, 9.17) is 5.41 Å². The number of aryl methyl sites for hydroxylation is 1. The predicted molar refractivity (Wildman–Crippen MR) is 241 cm³/mol. The third-order valence-electron chi connectivity index (χ3n) is 8.30. The van der Waals surface area contributed by atoms with E-state index in [1.807, 2.05) is 104 Å². The molecular weight excluding hydrogens is 645 g/mol. The standard InChI is InChI=1S/C31H28N2.C7H9N.C5H11N.3C2H6/c1-4-12-25-19-24-20-28(26-14-7-6-13-22(26)3)23(5-2)21-31(24)33(25)30-17-9-8-15-27(30)29-16-10-11-18-32-29;1-8-7-5-3-2-4-6-7;1-3-5(2)4-6;3*1-2/h4-7,10-21H,2,8-9H2,1,3H3;2-6,8H,1H3;4-6H,3H2,1-2H3;3*1-2H3/b12-4-;;;;;. The zero-order valence-corrected chi connectivity index (χ0v) is 34.5. The van der Waals surface area contributed by atoms with E-state index in [0.29, 0.717) is 5.92 Å². The summed E-state index contributed by atoms with van der Waals surface area (Å²) in [5.74, 6) is 0.477. The minimum atomic E-state index is 0.477. The van der Waals surface area contributed by atoms with Crippen molar-refractivity contribution in [2.24, 2.45) is 5.92 Å². The molecule has 0 aliphatic heterocycles. The van der Waals surface area contributed by atoms with Crippen molar-refractivity contribution in [3.8, 4) is 11.1 Å². The van der Waals surface area contributed by atoms with Crippen molar-refractivity contribution in [2.75, 3.05) is 12.4 Å². The average Bonchev–Trinajstić information content (AvgIpc) is 3.60. The van der Waals surface area contributed by atoms with Crippen molar-refractivity contribution in [3.63, 3.8) is 0 Å². The number of hydrogen-bond acceptors (Lipinski definition) is 3. The summed E-state index contributed by atoms with van der Waals surface area (Å²) in [5.41, 5.74) is 11.8. The van der Waals surface area contributed by atoms with Gasteiger partial charge in [0.2, 0.25) is 0 Å². The summed E-state index contributed by atoms with van der Waals surface area (Å²) >= 11 is 0. The van der Waals surface area contributed by atoms with E-state index in [-0.39, 0.29) is 0 Å². The lowest BCUT2D eigenvalue weighted by atomic mass is 9.94. The number of benzene rings is 3. The second kappa shape index (κ2) is 26.5. The maximum absolute atomic E-state index is 6.68. The summed E-state index contributed by atoms with van der Waals surface area (Å²) in [7, 11) is 1.91. The Kier molecular flexibility index (Phi) is 22.9. The van der Waals surface area contributed by atoms with Crippen LogP contribution in [-0.4, -0.2) is 22.8 Å². The fourth-order valence-electron chi connectivity index (χ4n) is 5.49. The highest BCUT2D eigenvalue weighted by Crippen LogP contribution is 2.38. The van der Waals surface area contributed by atoms with Gasteiger partial charge in [-0.3, -0.25) is 4.98 Å². The quantitative estimate of drug-likeness (QED) is 0.158. The van der Waals surface area contributed by atoms with Gasteiger partial charge in [0.25, 0.3) is 0 Å². The molecule has 5 aromatic rings. The minimum Gasteiger partial charge on any atom is -0.388 e. The lowest BCUT2D eigenvalue weighted by Gasteiger charge is -2.20. The Balaban J connectivity index is 0.000000581. The Morgan fingerprint density at radius 1 is 0.849 bits per heavy atom. The Morgan fingerprint density at radius 2 is 1.49 bits per heavy atom. The van der Waals surface area contributed by atoms with Crippen molar-refractivity contribution in [1.29, 1.82) is 5.41 Å². The number of para-hydroxylation sites is 1. The highest BCUT2D eigenvalue weighted by molar-refractivity contribution is 6.04. The Bertz CT molecular complexity index is 1860. The topological polar surface area (TPSA) is 53.7 Å². The number of fused-ring (bicyclic) bond motifs is 1. The molecule has 0 saturated heterocycles. The molecule has 0 fully saturated rings. The predicted octanol–water partition coefficient (Wildman–Crippen LogP) is 14.9. The molecule has 53 heavy (non-hydrogen) atoms. The molecule has 0 saturated carbocycles. The van der Waals surface area contributed by atoms with E-state index in [9.17, 15) is 0 Å². The van der Waals surface area contributed by atoms with E-state index < -0.39 is 0 Å². The monoisotopic (exact) mass is 711 g/mol. The smallest absolute Gasteiger partial charge is 0.0719 e. The van der Waals surface area contributed by atoms with Crippen LogP contribution in [0.3, 0.4) is 0 Å². The minimum absolute atomic E-state index is 0.477. The SMILES string of the molecule is C=Cc1cc2c(cc1-c1ccccc1C)cc(/C=C\C)n2C1=CCCC=C1c1ccccn1.CC.CC.CC.CCC(C)C=N.CNc1ccccc1. The number of allylic oxidation sites excluding steroid dienone is 5. The van der Waals surface area contributed by atoms with Gasteiger partial charge in [0, 0.05) is 35.6 Å². The van der Waals surface area contributed by atoms with Crippen molar-refractivity contribution in [3.05, 3.63) is 145 Å². The van der Waals surface area contributed by atoms with Crippen molar-refractivity contribution < 1.29 is 0 Å². The molecule has 0 spiro atoms. The molecule has 282 valence electrons.